The first kappa shape index (κ1) is 23.2. The van der Waals surface area contributed by atoms with Gasteiger partial charge in [0.05, 0.1) is 5.75 Å². The Labute approximate surface area is 175 Å². The Balaban J connectivity index is 0.00000338. The van der Waals surface area contributed by atoms with Crippen molar-refractivity contribution in [1.29, 1.82) is 0 Å². The highest BCUT2D eigenvalue weighted by Gasteiger charge is 2.19. The van der Waals surface area contributed by atoms with Crippen LogP contribution in [0.2, 0.25) is 0 Å². The average Bonchev–Trinajstić information content (AvgIpc) is 2.57. The van der Waals surface area contributed by atoms with Crippen LogP contribution in [0.1, 0.15) is 50.2 Å². The predicted octanol–water partition coefficient (Wildman–Crippen LogP) is 3.10. The van der Waals surface area contributed by atoms with Gasteiger partial charge in [0.15, 0.2) is 5.96 Å². The molecule has 1 aromatic carbocycles. The number of nitrogens with zero attached hydrogens (tertiary/aromatic N) is 1. The lowest BCUT2D eigenvalue weighted by Crippen LogP contribution is -2.43. The maximum atomic E-state index is 11.3. The summed E-state index contributed by atoms with van der Waals surface area (Å²) in [7, 11) is -2.93. The Hall–Kier alpha value is -0.830. The number of hydrogen-bond acceptors (Lipinski definition) is 3. The first-order valence-electron chi connectivity index (χ1n) is 9.19. The minimum Gasteiger partial charge on any atom is -0.357 e. The van der Waals surface area contributed by atoms with Crippen LogP contribution in [0.25, 0.3) is 0 Å². The van der Waals surface area contributed by atoms with E-state index in [1.165, 1.54) is 30.2 Å². The molecule has 0 bridgehead atoms. The minimum absolute atomic E-state index is 0. The number of sulfone groups is 1. The lowest BCUT2D eigenvalue weighted by molar-refractivity contribution is 0.555. The lowest BCUT2D eigenvalue weighted by atomic mass is 9.83. The first-order valence-corrected chi connectivity index (χ1v) is 11.3. The van der Waals surface area contributed by atoms with Crippen molar-refractivity contribution < 1.29 is 8.42 Å². The molecule has 0 radical (unpaired) electrons. The van der Waals surface area contributed by atoms with E-state index in [1.54, 1.807) is 0 Å². The first-order chi connectivity index (χ1) is 11.9. The second kappa shape index (κ2) is 11.1. The predicted molar refractivity (Wildman–Crippen MR) is 120 cm³/mol. The SMILES string of the molecule is CCNC(=NCC1CCCc2ccccc21)NC(C)CCS(C)(=O)=O.I. The Kier molecular flexibility index (Phi) is 9.92. The van der Waals surface area contributed by atoms with Gasteiger partial charge in [0.2, 0.25) is 0 Å². The van der Waals surface area contributed by atoms with Crippen LogP contribution >= 0.6 is 24.0 Å². The fourth-order valence-corrected chi connectivity index (χ4v) is 4.04. The summed E-state index contributed by atoms with van der Waals surface area (Å²) >= 11 is 0. The van der Waals surface area contributed by atoms with Gasteiger partial charge >= 0.3 is 0 Å². The van der Waals surface area contributed by atoms with E-state index in [0.29, 0.717) is 12.3 Å². The van der Waals surface area contributed by atoms with Crippen molar-refractivity contribution in [1.82, 2.24) is 10.6 Å². The van der Waals surface area contributed by atoms with Gasteiger partial charge < -0.3 is 10.6 Å². The Bertz CT molecular complexity index is 692. The normalized spacial score (nSPS) is 18.4. The number of rotatable bonds is 7. The highest BCUT2D eigenvalue weighted by atomic mass is 127. The van der Waals surface area contributed by atoms with Crippen molar-refractivity contribution in [2.45, 2.75) is 51.5 Å². The molecule has 0 amide bonds. The molecular formula is C19H32IN3O2S. The lowest BCUT2D eigenvalue weighted by Gasteiger charge is -2.25. The van der Waals surface area contributed by atoms with Gasteiger partial charge in [-0.2, -0.15) is 0 Å². The zero-order valence-corrected chi connectivity index (χ0v) is 19.1. The highest BCUT2D eigenvalue weighted by Crippen LogP contribution is 2.31. The van der Waals surface area contributed by atoms with Gasteiger partial charge in [0.25, 0.3) is 0 Å². The molecule has 0 aliphatic heterocycles. The van der Waals surface area contributed by atoms with Crippen LogP contribution in [0.3, 0.4) is 0 Å². The molecule has 2 N–H and O–H groups in total. The third kappa shape index (κ3) is 7.82. The molecule has 1 aromatic rings. The van der Waals surface area contributed by atoms with Crippen LogP contribution < -0.4 is 10.6 Å². The monoisotopic (exact) mass is 493 g/mol. The van der Waals surface area contributed by atoms with E-state index >= 15 is 0 Å². The average molecular weight is 493 g/mol. The molecule has 0 saturated heterocycles. The molecule has 2 atom stereocenters. The maximum absolute atomic E-state index is 11.3. The van der Waals surface area contributed by atoms with Gasteiger partial charge in [-0.1, -0.05) is 24.3 Å². The summed E-state index contributed by atoms with van der Waals surface area (Å²) in [5.41, 5.74) is 2.88. The number of hydrogen-bond donors (Lipinski definition) is 2. The second-order valence-electron chi connectivity index (χ2n) is 6.97. The van der Waals surface area contributed by atoms with Gasteiger partial charge in [-0.25, -0.2) is 8.42 Å². The molecule has 0 spiro atoms. The molecule has 2 rings (SSSR count). The third-order valence-electron chi connectivity index (χ3n) is 4.61. The topological polar surface area (TPSA) is 70.6 Å². The molecule has 26 heavy (non-hydrogen) atoms. The molecule has 0 aromatic heterocycles. The van der Waals surface area contributed by atoms with Gasteiger partial charge in [-0.15, -0.1) is 24.0 Å². The van der Waals surface area contributed by atoms with Crippen molar-refractivity contribution in [3.63, 3.8) is 0 Å². The summed E-state index contributed by atoms with van der Waals surface area (Å²) in [6, 6.07) is 8.73. The van der Waals surface area contributed by atoms with Gasteiger partial charge in [0, 0.05) is 31.3 Å². The van der Waals surface area contributed by atoms with Crippen LogP contribution in [0.4, 0.5) is 0 Å². The van der Waals surface area contributed by atoms with E-state index in [2.05, 4.69) is 34.9 Å². The van der Waals surface area contributed by atoms with Gasteiger partial charge in [-0.3, -0.25) is 4.99 Å². The molecule has 1 aliphatic carbocycles. The number of halogens is 1. The molecule has 7 heteroatoms. The highest BCUT2D eigenvalue weighted by molar-refractivity contribution is 14.0. The molecule has 148 valence electrons. The van der Waals surface area contributed by atoms with Crippen LogP contribution in [0.5, 0.6) is 0 Å². The zero-order chi connectivity index (χ0) is 18.3. The van der Waals surface area contributed by atoms with E-state index in [1.807, 2.05) is 13.8 Å². The van der Waals surface area contributed by atoms with Gasteiger partial charge in [-0.05, 0) is 50.7 Å². The van der Waals surface area contributed by atoms with E-state index in [4.69, 9.17) is 4.99 Å². The summed E-state index contributed by atoms with van der Waals surface area (Å²) in [6.45, 7) is 5.57. The summed E-state index contributed by atoms with van der Waals surface area (Å²) in [5, 5.41) is 6.59. The standard InChI is InChI=1S/C19H31N3O2S.HI/c1-4-20-19(22-15(2)12-13-25(3,23)24)21-14-17-10-7-9-16-8-5-6-11-18(16)17;/h5-6,8,11,15,17H,4,7,9-10,12-14H2,1-3H3,(H2,20,21,22);1H. The van der Waals surface area contributed by atoms with Crippen LogP contribution in [0.15, 0.2) is 29.3 Å². The molecule has 0 heterocycles. The zero-order valence-electron chi connectivity index (χ0n) is 16.0. The maximum Gasteiger partial charge on any atom is 0.191 e. The van der Waals surface area contributed by atoms with E-state index in [-0.39, 0.29) is 35.8 Å². The Morgan fingerprint density at radius 3 is 2.77 bits per heavy atom. The van der Waals surface area contributed by atoms with Crippen LogP contribution in [-0.4, -0.2) is 45.5 Å². The van der Waals surface area contributed by atoms with Crippen molar-refractivity contribution in [3.8, 4) is 0 Å². The van der Waals surface area contributed by atoms with Gasteiger partial charge in [0.1, 0.15) is 9.84 Å². The summed E-state index contributed by atoms with van der Waals surface area (Å²) in [6.07, 6.45) is 5.40. The molecule has 0 fully saturated rings. The second-order valence-corrected chi connectivity index (χ2v) is 9.23. The van der Waals surface area contributed by atoms with Crippen molar-refractivity contribution in [2.75, 3.05) is 25.1 Å². The Morgan fingerprint density at radius 2 is 2.08 bits per heavy atom. The number of benzene rings is 1. The fourth-order valence-electron chi connectivity index (χ4n) is 3.26. The molecule has 0 saturated carbocycles. The number of guanidine groups is 1. The quantitative estimate of drug-likeness (QED) is 0.348. The van der Waals surface area contributed by atoms with E-state index < -0.39 is 9.84 Å². The summed E-state index contributed by atoms with van der Waals surface area (Å²) < 4.78 is 22.6. The fraction of sp³-hybridized carbons (Fsp3) is 0.632. The van der Waals surface area contributed by atoms with E-state index in [0.717, 1.165) is 25.5 Å². The van der Waals surface area contributed by atoms with Crippen LogP contribution in [-0.2, 0) is 16.3 Å². The largest absolute Gasteiger partial charge is 0.357 e. The minimum atomic E-state index is -2.93. The van der Waals surface area contributed by atoms with Crippen molar-refractivity contribution >= 4 is 39.8 Å². The Morgan fingerprint density at radius 1 is 1.35 bits per heavy atom. The number of fused-ring (bicyclic) bond motifs is 1. The molecule has 2 unspecified atom stereocenters. The number of nitrogens with one attached hydrogen (secondary N) is 2. The smallest absolute Gasteiger partial charge is 0.191 e. The van der Waals surface area contributed by atoms with Crippen molar-refractivity contribution in [2.24, 2.45) is 4.99 Å². The van der Waals surface area contributed by atoms with Crippen molar-refractivity contribution in [3.05, 3.63) is 35.4 Å². The van der Waals surface area contributed by atoms with Crippen LogP contribution in [0, 0.1) is 0 Å². The number of aliphatic imine (C=N–C) groups is 1. The van der Waals surface area contributed by atoms with E-state index in [9.17, 15) is 8.42 Å². The molecule has 5 nitrogen and oxygen atoms in total. The third-order valence-corrected chi connectivity index (χ3v) is 5.59. The molecular weight excluding hydrogens is 461 g/mol. The number of aryl methyl sites for hydroxylation is 1. The molecule has 1 aliphatic rings. The summed E-state index contributed by atoms with van der Waals surface area (Å²) in [5.74, 6) is 1.43. The summed E-state index contributed by atoms with van der Waals surface area (Å²) in [4.78, 5) is 4.77.